The van der Waals surface area contributed by atoms with Crippen LogP contribution in [0.3, 0.4) is 0 Å². The fraction of sp³-hybridized carbons (Fsp3) is 0.600. The first kappa shape index (κ1) is 14.9. The van der Waals surface area contributed by atoms with E-state index in [1.807, 2.05) is 11.6 Å². The van der Waals surface area contributed by atoms with Crippen molar-refractivity contribution in [2.45, 2.75) is 38.6 Å². The molecule has 1 aliphatic heterocycles. The summed E-state index contributed by atoms with van der Waals surface area (Å²) in [6.45, 7) is 5.14. The van der Waals surface area contributed by atoms with Gasteiger partial charge in [-0.1, -0.05) is 6.92 Å². The summed E-state index contributed by atoms with van der Waals surface area (Å²) in [5.74, 6) is 0.486. The average molecular weight is 302 g/mol. The molecule has 2 N–H and O–H groups in total. The molecule has 1 saturated heterocycles. The molecule has 1 unspecified atom stereocenters. The lowest BCUT2D eigenvalue weighted by Crippen LogP contribution is -2.27. The van der Waals surface area contributed by atoms with Crippen LogP contribution in [0.5, 0.6) is 0 Å². The summed E-state index contributed by atoms with van der Waals surface area (Å²) in [6, 6.07) is 0. The van der Waals surface area contributed by atoms with Crippen LogP contribution in [0, 0.1) is 0 Å². The molecule has 0 radical (unpaired) electrons. The molecule has 3 rings (SSSR count). The van der Waals surface area contributed by atoms with Crippen molar-refractivity contribution in [1.82, 2.24) is 30.4 Å². The van der Waals surface area contributed by atoms with Gasteiger partial charge in [-0.05, 0) is 19.4 Å². The monoisotopic (exact) mass is 302 g/mol. The number of nitrogens with zero attached hydrogens (tertiary/aromatic N) is 4. The lowest BCUT2D eigenvalue weighted by Gasteiger charge is -2.05. The summed E-state index contributed by atoms with van der Waals surface area (Å²) in [5, 5.41) is 11.0. The van der Waals surface area contributed by atoms with E-state index in [1.165, 1.54) is 0 Å². The van der Waals surface area contributed by atoms with Gasteiger partial charge in [0.1, 0.15) is 5.52 Å². The molecule has 1 fully saturated rings. The van der Waals surface area contributed by atoms with Crippen LogP contribution >= 0.6 is 0 Å². The Morgan fingerprint density at radius 2 is 2.32 bits per heavy atom. The molecule has 0 bridgehead atoms. The van der Waals surface area contributed by atoms with E-state index in [-0.39, 0.29) is 5.91 Å². The number of nitrogens with one attached hydrogen (secondary N) is 2. The molecule has 1 atom stereocenters. The lowest BCUT2D eigenvalue weighted by atomic mass is 10.0. The molecule has 0 spiro atoms. The molecule has 2 aromatic rings. The fourth-order valence-corrected chi connectivity index (χ4v) is 2.86. The maximum absolute atomic E-state index is 11.5. The summed E-state index contributed by atoms with van der Waals surface area (Å²) in [6.07, 6.45) is 5.91. The van der Waals surface area contributed by atoms with Crippen molar-refractivity contribution in [3.8, 4) is 0 Å². The van der Waals surface area contributed by atoms with Gasteiger partial charge in [0.15, 0.2) is 5.65 Å². The zero-order valence-electron chi connectivity index (χ0n) is 12.9. The number of aromatic nitrogens is 4. The third-order valence-corrected chi connectivity index (χ3v) is 3.96. The molecule has 1 aliphatic rings. The molecule has 118 valence electrons. The highest BCUT2D eigenvalue weighted by atomic mass is 16.1. The first-order chi connectivity index (χ1) is 10.8. The smallest absolute Gasteiger partial charge is 0.220 e. The van der Waals surface area contributed by atoms with E-state index in [4.69, 9.17) is 5.10 Å². The highest BCUT2D eigenvalue weighted by Gasteiger charge is 2.24. The van der Waals surface area contributed by atoms with Gasteiger partial charge in [-0.2, -0.15) is 5.10 Å². The minimum atomic E-state index is 0.0882. The van der Waals surface area contributed by atoms with Crippen molar-refractivity contribution in [2.24, 2.45) is 0 Å². The highest BCUT2D eigenvalue weighted by Crippen LogP contribution is 2.26. The number of carbonyl (C=O) groups is 1. The Balaban J connectivity index is 1.76. The molecule has 0 aliphatic carbocycles. The minimum absolute atomic E-state index is 0.0882. The standard InChI is InChI=1S/C15H22N6O/c1-2-3-12(22)17-8-9-21-15-14(18-6-7-19-15)13(20-21)11-4-5-16-10-11/h6-7,11,16H,2-5,8-10H2,1H3,(H,17,22). The van der Waals surface area contributed by atoms with Crippen LogP contribution in [0.4, 0.5) is 0 Å². The number of rotatable bonds is 6. The second-order valence-electron chi connectivity index (χ2n) is 5.63. The minimum Gasteiger partial charge on any atom is -0.354 e. The predicted molar refractivity (Wildman–Crippen MR) is 83.5 cm³/mol. The summed E-state index contributed by atoms with van der Waals surface area (Å²) < 4.78 is 1.86. The third-order valence-electron chi connectivity index (χ3n) is 3.96. The normalized spacial score (nSPS) is 18.0. The molecular weight excluding hydrogens is 280 g/mol. The van der Waals surface area contributed by atoms with Crippen LogP contribution in [0.15, 0.2) is 12.4 Å². The van der Waals surface area contributed by atoms with E-state index >= 15 is 0 Å². The van der Waals surface area contributed by atoms with Crippen molar-refractivity contribution >= 4 is 17.1 Å². The number of carbonyl (C=O) groups excluding carboxylic acids is 1. The second kappa shape index (κ2) is 6.83. The highest BCUT2D eigenvalue weighted by molar-refractivity contribution is 5.76. The maximum atomic E-state index is 11.5. The number of amides is 1. The van der Waals surface area contributed by atoms with Crippen molar-refractivity contribution in [3.63, 3.8) is 0 Å². The first-order valence-corrected chi connectivity index (χ1v) is 7.94. The molecular formula is C15H22N6O. The Labute approximate surface area is 129 Å². The van der Waals surface area contributed by atoms with Crippen LogP contribution in [0.1, 0.15) is 37.8 Å². The van der Waals surface area contributed by atoms with Gasteiger partial charge in [0.25, 0.3) is 0 Å². The van der Waals surface area contributed by atoms with Gasteiger partial charge >= 0.3 is 0 Å². The SMILES string of the molecule is CCCC(=O)NCCn1nc(C2CCNC2)c2nccnc21. The molecule has 22 heavy (non-hydrogen) atoms. The largest absolute Gasteiger partial charge is 0.354 e. The number of hydrogen-bond donors (Lipinski definition) is 2. The van der Waals surface area contributed by atoms with Gasteiger partial charge in [-0.15, -0.1) is 0 Å². The van der Waals surface area contributed by atoms with E-state index in [1.54, 1.807) is 12.4 Å². The van der Waals surface area contributed by atoms with E-state index in [9.17, 15) is 4.79 Å². The average Bonchev–Trinajstić information content (AvgIpc) is 3.15. The molecule has 7 heteroatoms. The Bertz CT molecular complexity index is 647. The van der Waals surface area contributed by atoms with Crippen LogP contribution in [-0.2, 0) is 11.3 Å². The topological polar surface area (TPSA) is 84.7 Å². The van der Waals surface area contributed by atoms with Crippen LogP contribution in [-0.4, -0.2) is 45.3 Å². The Morgan fingerprint density at radius 1 is 1.45 bits per heavy atom. The summed E-state index contributed by atoms with van der Waals surface area (Å²) in [7, 11) is 0. The number of fused-ring (bicyclic) bond motifs is 1. The zero-order chi connectivity index (χ0) is 15.4. The molecule has 0 aromatic carbocycles. The summed E-state index contributed by atoms with van der Waals surface area (Å²) in [5.41, 5.74) is 2.71. The van der Waals surface area contributed by atoms with Gasteiger partial charge in [-0.25, -0.2) is 14.6 Å². The van der Waals surface area contributed by atoms with E-state index < -0.39 is 0 Å². The fourth-order valence-electron chi connectivity index (χ4n) is 2.86. The molecule has 3 heterocycles. The second-order valence-corrected chi connectivity index (χ2v) is 5.63. The molecule has 0 saturated carbocycles. The first-order valence-electron chi connectivity index (χ1n) is 7.94. The third kappa shape index (κ3) is 3.09. The van der Waals surface area contributed by atoms with Crippen LogP contribution < -0.4 is 10.6 Å². The molecule has 1 amide bonds. The van der Waals surface area contributed by atoms with E-state index in [2.05, 4.69) is 20.6 Å². The quantitative estimate of drug-likeness (QED) is 0.825. The summed E-state index contributed by atoms with van der Waals surface area (Å²) >= 11 is 0. The van der Waals surface area contributed by atoms with Crippen LogP contribution in [0.2, 0.25) is 0 Å². The number of hydrogen-bond acceptors (Lipinski definition) is 5. The van der Waals surface area contributed by atoms with Crippen molar-refractivity contribution in [1.29, 1.82) is 0 Å². The van der Waals surface area contributed by atoms with Gasteiger partial charge in [0.2, 0.25) is 5.91 Å². The van der Waals surface area contributed by atoms with Crippen molar-refractivity contribution in [3.05, 3.63) is 18.1 Å². The Morgan fingerprint density at radius 3 is 3.09 bits per heavy atom. The predicted octanol–water partition coefficient (Wildman–Crippen LogP) is 0.820. The molecule has 7 nitrogen and oxygen atoms in total. The van der Waals surface area contributed by atoms with Gasteiger partial charge < -0.3 is 10.6 Å². The van der Waals surface area contributed by atoms with E-state index in [0.29, 0.717) is 25.4 Å². The Hall–Kier alpha value is -2.02. The van der Waals surface area contributed by atoms with Gasteiger partial charge in [0.05, 0.1) is 12.2 Å². The van der Waals surface area contributed by atoms with Gasteiger partial charge in [0, 0.05) is 37.8 Å². The lowest BCUT2D eigenvalue weighted by molar-refractivity contribution is -0.121. The van der Waals surface area contributed by atoms with Gasteiger partial charge in [-0.3, -0.25) is 4.79 Å². The molecule has 2 aromatic heterocycles. The van der Waals surface area contributed by atoms with E-state index in [0.717, 1.165) is 42.8 Å². The zero-order valence-corrected chi connectivity index (χ0v) is 12.9. The van der Waals surface area contributed by atoms with Crippen molar-refractivity contribution < 1.29 is 4.79 Å². The van der Waals surface area contributed by atoms with Crippen LogP contribution in [0.25, 0.3) is 11.2 Å². The maximum Gasteiger partial charge on any atom is 0.220 e. The summed E-state index contributed by atoms with van der Waals surface area (Å²) in [4.78, 5) is 20.4. The Kier molecular flexibility index (Phi) is 4.62. The van der Waals surface area contributed by atoms with Crippen molar-refractivity contribution in [2.75, 3.05) is 19.6 Å².